The highest BCUT2D eigenvalue weighted by Crippen LogP contribution is 2.29. The Hall–Kier alpha value is -0.730. The van der Waals surface area contributed by atoms with Crippen molar-refractivity contribution in [2.45, 2.75) is 27.3 Å². The SMILES string of the molecule is COc1c(C)c(C)cc(C)c1CNCCCl. The number of nitrogens with one attached hydrogen (secondary N) is 1. The lowest BCUT2D eigenvalue weighted by molar-refractivity contribution is 0.404. The number of rotatable bonds is 5. The van der Waals surface area contributed by atoms with E-state index in [0.29, 0.717) is 5.88 Å². The fourth-order valence-electron chi connectivity index (χ4n) is 1.88. The van der Waals surface area contributed by atoms with Crippen molar-refractivity contribution in [3.05, 3.63) is 28.3 Å². The van der Waals surface area contributed by atoms with Crippen molar-refractivity contribution < 1.29 is 4.74 Å². The second kappa shape index (κ2) is 6.12. The molecule has 16 heavy (non-hydrogen) atoms. The molecule has 0 bridgehead atoms. The molecule has 0 aliphatic heterocycles. The average Bonchev–Trinajstić information content (AvgIpc) is 2.26. The molecule has 0 spiro atoms. The van der Waals surface area contributed by atoms with Crippen LogP contribution in [0.15, 0.2) is 6.07 Å². The Labute approximate surface area is 103 Å². The highest BCUT2D eigenvalue weighted by Gasteiger charge is 2.11. The fourth-order valence-corrected chi connectivity index (χ4v) is 2.01. The Kier molecular flexibility index (Phi) is 5.10. The van der Waals surface area contributed by atoms with Crippen LogP contribution in [-0.4, -0.2) is 19.5 Å². The molecule has 0 aromatic heterocycles. The van der Waals surface area contributed by atoms with Gasteiger partial charge >= 0.3 is 0 Å². The molecule has 0 saturated heterocycles. The van der Waals surface area contributed by atoms with Gasteiger partial charge in [-0.25, -0.2) is 0 Å². The summed E-state index contributed by atoms with van der Waals surface area (Å²) in [5.74, 6) is 1.63. The van der Waals surface area contributed by atoms with Gasteiger partial charge < -0.3 is 10.1 Å². The van der Waals surface area contributed by atoms with Crippen LogP contribution in [0.2, 0.25) is 0 Å². The van der Waals surface area contributed by atoms with Gasteiger partial charge in [0, 0.05) is 24.5 Å². The van der Waals surface area contributed by atoms with E-state index in [-0.39, 0.29) is 0 Å². The lowest BCUT2D eigenvalue weighted by atomic mass is 9.99. The van der Waals surface area contributed by atoms with Gasteiger partial charge in [-0.15, -0.1) is 11.6 Å². The lowest BCUT2D eigenvalue weighted by Gasteiger charge is -2.16. The average molecular weight is 242 g/mol. The van der Waals surface area contributed by atoms with Gasteiger partial charge in [-0.05, 0) is 37.5 Å². The number of alkyl halides is 1. The van der Waals surface area contributed by atoms with Crippen molar-refractivity contribution in [1.82, 2.24) is 5.32 Å². The van der Waals surface area contributed by atoms with E-state index in [1.807, 2.05) is 0 Å². The van der Waals surface area contributed by atoms with Crippen LogP contribution in [0, 0.1) is 20.8 Å². The summed E-state index contributed by atoms with van der Waals surface area (Å²) < 4.78 is 5.50. The number of aryl methyl sites for hydroxylation is 2. The van der Waals surface area contributed by atoms with Crippen LogP contribution in [0.5, 0.6) is 5.75 Å². The van der Waals surface area contributed by atoms with E-state index in [9.17, 15) is 0 Å². The molecular formula is C13H20ClNO. The Morgan fingerprint density at radius 2 is 1.94 bits per heavy atom. The number of hydrogen-bond acceptors (Lipinski definition) is 2. The molecule has 0 amide bonds. The minimum Gasteiger partial charge on any atom is -0.496 e. The second-order valence-electron chi connectivity index (χ2n) is 4.01. The van der Waals surface area contributed by atoms with Gasteiger partial charge in [-0.1, -0.05) is 6.07 Å². The van der Waals surface area contributed by atoms with Crippen LogP contribution < -0.4 is 10.1 Å². The van der Waals surface area contributed by atoms with Crippen molar-refractivity contribution in [3.63, 3.8) is 0 Å². The molecule has 2 nitrogen and oxygen atoms in total. The second-order valence-corrected chi connectivity index (χ2v) is 4.39. The van der Waals surface area contributed by atoms with Crippen molar-refractivity contribution in [2.75, 3.05) is 19.5 Å². The predicted octanol–water partition coefficient (Wildman–Crippen LogP) is 2.95. The van der Waals surface area contributed by atoms with Gasteiger partial charge in [0.25, 0.3) is 0 Å². The molecule has 1 aromatic carbocycles. The van der Waals surface area contributed by atoms with Crippen LogP contribution in [0.3, 0.4) is 0 Å². The van der Waals surface area contributed by atoms with Crippen LogP contribution in [0.1, 0.15) is 22.3 Å². The first-order valence-corrected chi connectivity index (χ1v) is 6.05. The first kappa shape index (κ1) is 13.3. The van der Waals surface area contributed by atoms with Crippen molar-refractivity contribution in [2.24, 2.45) is 0 Å². The molecule has 0 saturated carbocycles. The number of halogens is 1. The third kappa shape index (κ3) is 2.89. The van der Waals surface area contributed by atoms with Gasteiger partial charge in [-0.3, -0.25) is 0 Å². The maximum absolute atomic E-state index is 5.64. The normalized spacial score (nSPS) is 10.6. The van der Waals surface area contributed by atoms with Crippen molar-refractivity contribution >= 4 is 11.6 Å². The Morgan fingerprint density at radius 3 is 2.50 bits per heavy atom. The van der Waals surface area contributed by atoms with Crippen molar-refractivity contribution in [3.8, 4) is 5.75 Å². The summed E-state index contributed by atoms with van der Waals surface area (Å²) >= 11 is 5.64. The first-order valence-electron chi connectivity index (χ1n) is 5.52. The molecule has 1 N–H and O–H groups in total. The van der Waals surface area contributed by atoms with E-state index in [0.717, 1.165) is 18.8 Å². The smallest absolute Gasteiger partial charge is 0.126 e. The van der Waals surface area contributed by atoms with Gasteiger partial charge in [0.15, 0.2) is 0 Å². The molecule has 0 aliphatic rings. The molecule has 90 valence electrons. The summed E-state index contributed by atoms with van der Waals surface area (Å²) in [6.45, 7) is 7.95. The van der Waals surface area contributed by atoms with Gasteiger partial charge in [0.1, 0.15) is 5.75 Å². The van der Waals surface area contributed by atoms with E-state index in [1.165, 1.54) is 22.3 Å². The maximum Gasteiger partial charge on any atom is 0.126 e. The van der Waals surface area contributed by atoms with Crippen LogP contribution in [0.25, 0.3) is 0 Å². The van der Waals surface area contributed by atoms with E-state index in [2.05, 4.69) is 32.2 Å². The topological polar surface area (TPSA) is 21.3 Å². The van der Waals surface area contributed by atoms with Crippen LogP contribution in [0.4, 0.5) is 0 Å². The molecule has 0 fully saturated rings. The summed E-state index contributed by atoms with van der Waals surface area (Å²) in [5, 5.41) is 3.30. The van der Waals surface area contributed by atoms with Gasteiger partial charge in [-0.2, -0.15) is 0 Å². The Morgan fingerprint density at radius 1 is 1.25 bits per heavy atom. The molecule has 0 aliphatic carbocycles. The number of hydrogen-bond donors (Lipinski definition) is 1. The quantitative estimate of drug-likeness (QED) is 0.632. The number of benzene rings is 1. The molecule has 3 heteroatoms. The molecule has 1 rings (SSSR count). The summed E-state index contributed by atoms with van der Waals surface area (Å²) in [7, 11) is 1.73. The third-order valence-electron chi connectivity index (χ3n) is 2.89. The van der Waals surface area contributed by atoms with Gasteiger partial charge in [0.2, 0.25) is 0 Å². The summed E-state index contributed by atoms with van der Waals surface area (Å²) in [6.07, 6.45) is 0. The summed E-state index contributed by atoms with van der Waals surface area (Å²) in [4.78, 5) is 0. The van der Waals surface area contributed by atoms with Gasteiger partial charge in [0.05, 0.1) is 7.11 Å². The lowest BCUT2D eigenvalue weighted by Crippen LogP contribution is -2.17. The van der Waals surface area contributed by atoms with Crippen LogP contribution >= 0.6 is 11.6 Å². The Balaban J connectivity index is 3.01. The standard InChI is InChI=1S/C13H20ClNO/c1-9-7-10(2)12(8-15-6-5-14)13(16-4)11(9)3/h7,15H,5-6,8H2,1-4H3. The fraction of sp³-hybridized carbons (Fsp3) is 0.538. The van der Waals surface area contributed by atoms with Crippen molar-refractivity contribution in [1.29, 1.82) is 0 Å². The highest BCUT2D eigenvalue weighted by molar-refractivity contribution is 6.18. The third-order valence-corrected chi connectivity index (χ3v) is 3.08. The number of methoxy groups -OCH3 is 1. The van der Waals surface area contributed by atoms with E-state index >= 15 is 0 Å². The molecule has 0 unspecified atom stereocenters. The predicted molar refractivity (Wildman–Crippen MR) is 69.6 cm³/mol. The summed E-state index contributed by atoms with van der Waals surface area (Å²) in [6, 6.07) is 2.20. The molecule has 0 atom stereocenters. The van der Waals surface area contributed by atoms with E-state index < -0.39 is 0 Å². The maximum atomic E-state index is 5.64. The molecule has 1 aromatic rings. The monoisotopic (exact) mass is 241 g/mol. The minimum atomic E-state index is 0.631. The number of ether oxygens (including phenoxy) is 1. The molecule has 0 heterocycles. The molecule has 0 radical (unpaired) electrons. The molecular weight excluding hydrogens is 222 g/mol. The zero-order chi connectivity index (χ0) is 12.1. The van der Waals surface area contributed by atoms with E-state index in [4.69, 9.17) is 16.3 Å². The largest absolute Gasteiger partial charge is 0.496 e. The zero-order valence-corrected chi connectivity index (χ0v) is 11.2. The highest BCUT2D eigenvalue weighted by atomic mass is 35.5. The zero-order valence-electron chi connectivity index (χ0n) is 10.5. The summed E-state index contributed by atoms with van der Waals surface area (Å²) in [5.41, 5.74) is 4.99. The van der Waals surface area contributed by atoms with E-state index in [1.54, 1.807) is 7.11 Å². The van der Waals surface area contributed by atoms with Crippen LogP contribution in [-0.2, 0) is 6.54 Å². The Bertz CT molecular complexity index is 363. The first-order chi connectivity index (χ1) is 7.61. The minimum absolute atomic E-state index is 0.631.